The zero-order chi connectivity index (χ0) is 13.2. The monoisotopic (exact) mass is 234 g/mol. The molecule has 3 N–H and O–H groups in total. The molecule has 0 aromatic rings. The highest BCUT2D eigenvalue weighted by Gasteiger charge is 2.16. The minimum Gasteiger partial charge on any atom is -0.444 e. The van der Waals surface area contributed by atoms with E-state index in [9.17, 15) is 9.59 Å². The number of hydrogen-bond donors (Lipinski definition) is 2. The first-order chi connectivity index (χ1) is 7.26. The summed E-state index contributed by atoms with van der Waals surface area (Å²) in [5, 5.41) is 2.37. The minimum atomic E-state index is -0.674. The van der Waals surface area contributed by atoms with Crippen molar-refractivity contribution in [2.75, 3.05) is 20.8 Å². The van der Waals surface area contributed by atoms with Crippen LogP contribution in [0.3, 0.4) is 0 Å². The van der Waals surface area contributed by atoms with Crippen LogP contribution in [0.15, 0.2) is 0 Å². The summed E-state index contributed by atoms with van der Waals surface area (Å²) >= 11 is 0. The molecule has 0 aliphatic rings. The van der Waals surface area contributed by atoms with Crippen molar-refractivity contribution in [2.45, 2.75) is 32.4 Å². The Morgan fingerprint density at radius 1 is 1.44 bits per heavy atom. The van der Waals surface area contributed by atoms with Crippen LogP contribution in [0.1, 0.15) is 20.8 Å². The van der Waals surface area contributed by atoms with Gasteiger partial charge in [0.2, 0.25) is 0 Å². The van der Waals surface area contributed by atoms with Gasteiger partial charge in [-0.3, -0.25) is 0 Å². The Kier molecular flexibility index (Phi) is 9.83. The highest BCUT2D eigenvalue weighted by atomic mass is 16.6. The van der Waals surface area contributed by atoms with Gasteiger partial charge in [0.1, 0.15) is 11.9 Å². The van der Waals surface area contributed by atoms with Crippen molar-refractivity contribution in [3.8, 4) is 0 Å². The Balaban J connectivity index is 0. The molecule has 0 saturated carbocycles. The molecular formula is C10H22N2O4. The van der Waals surface area contributed by atoms with Gasteiger partial charge in [0.05, 0.1) is 6.04 Å². The van der Waals surface area contributed by atoms with Crippen LogP contribution >= 0.6 is 0 Å². The van der Waals surface area contributed by atoms with Crippen molar-refractivity contribution in [3.05, 3.63) is 0 Å². The van der Waals surface area contributed by atoms with Crippen molar-refractivity contribution >= 4 is 12.4 Å². The maximum absolute atomic E-state index is 11.0. The van der Waals surface area contributed by atoms with E-state index in [4.69, 9.17) is 10.5 Å². The first-order valence-corrected chi connectivity index (χ1v) is 4.84. The number of aldehydes is 1. The van der Waals surface area contributed by atoms with Crippen LogP contribution in [-0.4, -0.2) is 44.8 Å². The second-order valence-electron chi connectivity index (χ2n) is 4.09. The number of alkyl carbamates (subject to hydrolysis) is 1. The molecule has 0 radical (unpaired) electrons. The summed E-state index contributed by atoms with van der Waals surface area (Å²) in [5.74, 6) is 0. The lowest BCUT2D eigenvalue weighted by Gasteiger charge is -2.19. The van der Waals surface area contributed by atoms with Gasteiger partial charge in [-0.2, -0.15) is 0 Å². The normalized spacial score (nSPS) is 11.9. The Hall–Kier alpha value is -1.14. The Morgan fingerprint density at radius 3 is 2.19 bits per heavy atom. The van der Waals surface area contributed by atoms with Crippen LogP contribution in [0, 0.1) is 0 Å². The second-order valence-corrected chi connectivity index (χ2v) is 4.09. The Labute approximate surface area is 96.5 Å². The fraction of sp³-hybridized carbons (Fsp3) is 0.800. The number of methoxy groups -OCH3 is 1. The second kappa shape index (κ2) is 9.11. The summed E-state index contributed by atoms with van der Waals surface area (Å²) < 4.78 is 9.16. The fourth-order valence-electron chi connectivity index (χ4n) is 0.563. The van der Waals surface area contributed by atoms with E-state index >= 15 is 0 Å². The van der Waals surface area contributed by atoms with E-state index in [2.05, 4.69) is 10.1 Å². The number of ether oxygens (including phenoxy) is 2. The zero-order valence-electron chi connectivity index (χ0n) is 10.6. The molecule has 1 atom stereocenters. The van der Waals surface area contributed by atoms with Gasteiger partial charge in [0.25, 0.3) is 0 Å². The lowest BCUT2D eigenvalue weighted by Crippen LogP contribution is -2.40. The van der Waals surface area contributed by atoms with Gasteiger partial charge < -0.3 is 25.3 Å². The topological polar surface area (TPSA) is 90.6 Å². The molecule has 0 bridgehead atoms. The molecule has 16 heavy (non-hydrogen) atoms. The molecular weight excluding hydrogens is 212 g/mol. The average molecular weight is 234 g/mol. The van der Waals surface area contributed by atoms with Crippen LogP contribution in [0.2, 0.25) is 0 Å². The van der Waals surface area contributed by atoms with E-state index in [0.29, 0.717) is 6.29 Å². The third-order valence-electron chi connectivity index (χ3n) is 1.06. The number of hydrogen-bond acceptors (Lipinski definition) is 5. The average Bonchev–Trinajstić information content (AvgIpc) is 2.12. The smallest absolute Gasteiger partial charge is 0.407 e. The third kappa shape index (κ3) is 15.3. The third-order valence-corrected chi connectivity index (χ3v) is 1.06. The fourth-order valence-corrected chi connectivity index (χ4v) is 0.563. The van der Waals surface area contributed by atoms with E-state index < -0.39 is 17.7 Å². The molecule has 0 aliphatic carbocycles. The predicted octanol–water partition coefficient (Wildman–Crippen LogP) is 0.300. The number of amides is 1. The Bertz CT molecular complexity index is 201. The number of carbonyl (C=O) groups excluding carboxylic acids is 2. The van der Waals surface area contributed by atoms with Crippen molar-refractivity contribution in [2.24, 2.45) is 5.73 Å². The highest BCUT2D eigenvalue weighted by molar-refractivity contribution is 5.68. The van der Waals surface area contributed by atoms with Crippen molar-refractivity contribution < 1.29 is 19.1 Å². The minimum absolute atomic E-state index is 0.0956. The van der Waals surface area contributed by atoms with Gasteiger partial charge in [-0.15, -0.1) is 0 Å². The predicted molar refractivity (Wildman–Crippen MR) is 61.2 cm³/mol. The summed E-state index contributed by atoms with van der Waals surface area (Å²) in [7, 11) is 3.25. The first kappa shape index (κ1) is 17.3. The van der Waals surface area contributed by atoms with E-state index in [1.165, 1.54) is 0 Å². The van der Waals surface area contributed by atoms with Crippen LogP contribution < -0.4 is 11.1 Å². The van der Waals surface area contributed by atoms with Gasteiger partial charge in [0, 0.05) is 20.8 Å². The standard InChI is InChI=1S/C8H16N2O3.C2H6O/c1-8(2,3)13-7(12)10-4-6(9)5-11;1-3-2/h5-6H,4,9H2,1-3H3,(H,10,12);1-2H3. The summed E-state index contributed by atoms with van der Waals surface area (Å²) in [6.07, 6.45) is 0.00183. The molecule has 0 spiro atoms. The van der Waals surface area contributed by atoms with Crippen LogP contribution in [0.4, 0.5) is 4.79 Å². The molecule has 96 valence electrons. The quantitative estimate of drug-likeness (QED) is 0.685. The maximum atomic E-state index is 11.0. The lowest BCUT2D eigenvalue weighted by molar-refractivity contribution is -0.108. The molecule has 0 saturated heterocycles. The largest absolute Gasteiger partial charge is 0.444 e. The molecule has 0 aromatic carbocycles. The molecule has 0 rings (SSSR count). The van der Waals surface area contributed by atoms with Gasteiger partial charge in [-0.05, 0) is 20.8 Å². The maximum Gasteiger partial charge on any atom is 0.407 e. The van der Waals surface area contributed by atoms with Crippen LogP contribution in [-0.2, 0) is 14.3 Å². The molecule has 0 aromatic heterocycles. The number of rotatable bonds is 3. The van der Waals surface area contributed by atoms with Crippen molar-refractivity contribution in [1.82, 2.24) is 5.32 Å². The van der Waals surface area contributed by atoms with E-state index in [1.807, 2.05) is 0 Å². The van der Waals surface area contributed by atoms with Gasteiger partial charge in [0.15, 0.2) is 0 Å². The molecule has 0 aliphatic heterocycles. The summed E-state index contributed by atoms with van der Waals surface area (Å²) in [4.78, 5) is 21.1. The molecule has 0 heterocycles. The van der Waals surface area contributed by atoms with Gasteiger partial charge in [-0.1, -0.05) is 0 Å². The molecule has 6 heteroatoms. The molecule has 1 amide bonds. The van der Waals surface area contributed by atoms with E-state index in [0.717, 1.165) is 0 Å². The number of carbonyl (C=O) groups is 2. The summed E-state index contributed by atoms with van der Waals surface area (Å²) in [6.45, 7) is 5.36. The summed E-state index contributed by atoms with van der Waals surface area (Å²) in [5.41, 5.74) is 4.71. The highest BCUT2D eigenvalue weighted by Crippen LogP contribution is 2.05. The van der Waals surface area contributed by atoms with Gasteiger partial charge in [-0.25, -0.2) is 4.79 Å². The van der Waals surface area contributed by atoms with Crippen LogP contribution in [0.5, 0.6) is 0 Å². The molecule has 1 unspecified atom stereocenters. The number of nitrogens with one attached hydrogen (secondary N) is 1. The first-order valence-electron chi connectivity index (χ1n) is 4.84. The lowest BCUT2D eigenvalue weighted by atomic mass is 10.2. The molecule has 6 nitrogen and oxygen atoms in total. The van der Waals surface area contributed by atoms with Gasteiger partial charge >= 0.3 is 6.09 Å². The van der Waals surface area contributed by atoms with E-state index in [-0.39, 0.29) is 6.54 Å². The molecule has 0 fully saturated rings. The number of nitrogens with two attached hydrogens (primary N) is 1. The van der Waals surface area contributed by atoms with E-state index in [1.54, 1.807) is 35.0 Å². The SMILES string of the molecule is CC(C)(C)OC(=O)NCC(N)C=O.COC. The zero-order valence-corrected chi connectivity index (χ0v) is 10.6. The van der Waals surface area contributed by atoms with Crippen molar-refractivity contribution in [3.63, 3.8) is 0 Å². The Morgan fingerprint density at radius 2 is 1.88 bits per heavy atom. The summed E-state index contributed by atoms with van der Waals surface area (Å²) in [6, 6.07) is -0.674. The van der Waals surface area contributed by atoms with Crippen LogP contribution in [0.25, 0.3) is 0 Å². The van der Waals surface area contributed by atoms with Crippen molar-refractivity contribution in [1.29, 1.82) is 0 Å².